The third kappa shape index (κ3) is 2.37. The molecule has 88 valence electrons. The second-order valence-electron chi connectivity index (χ2n) is 4.68. The first-order valence-electron chi connectivity index (χ1n) is 5.88. The molecule has 2 atom stereocenters. The Balaban J connectivity index is 2.24. The van der Waals surface area contributed by atoms with Crippen molar-refractivity contribution in [1.29, 1.82) is 0 Å². The zero-order valence-electron chi connectivity index (χ0n) is 10.1. The van der Waals surface area contributed by atoms with E-state index in [-0.39, 0.29) is 0 Å². The number of anilines is 1. The molecule has 2 rings (SSSR count). The van der Waals surface area contributed by atoms with Crippen LogP contribution in [0, 0.1) is 11.8 Å². The molecule has 0 N–H and O–H groups in total. The smallest absolute Gasteiger partial charge is 0.133 e. The average Bonchev–Trinajstić information content (AvgIpc) is 2.58. The van der Waals surface area contributed by atoms with Crippen molar-refractivity contribution < 1.29 is 0 Å². The molecule has 0 spiro atoms. The molecule has 0 amide bonds. The van der Waals surface area contributed by atoms with Gasteiger partial charge in [-0.3, -0.25) is 0 Å². The summed E-state index contributed by atoms with van der Waals surface area (Å²) in [5.74, 6) is 3.48. The number of hydrogen-bond donors (Lipinski definition) is 0. The second kappa shape index (κ2) is 4.70. The lowest BCUT2D eigenvalue weighted by Crippen LogP contribution is -2.21. The quantitative estimate of drug-likeness (QED) is 0.782. The molecule has 1 aromatic rings. The Morgan fingerprint density at radius 3 is 2.50 bits per heavy atom. The van der Waals surface area contributed by atoms with Gasteiger partial charge in [-0.1, -0.05) is 20.8 Å². The molecule has 2 unspecified atom stereocenters. The molecule has 2 heterocycles. The van der Waals surface area contributed by atoms with Crippen LogP contribution in [-0.4, -0.2) is 23.1 Å². The van der Waals surface area contributed by atoms with E-state index < -0.39 is 0 Å². The van der Waals surface area contributed by atoms with Gasteiger partial charge in [0.05, 0.1) is 0 Å². The van der Waals surface area contributed by atoms with Crippen LogP contribution in [0.5, 0.6) is 0 Å². The van der Waals surface area contributed by atoms with Crippen LogP contribution in [0.3, 0.4) is 0 Å². The lowest BCUT2D eigenvalue weighted by Gasteiger charge is -2.17. The van der Waals surface area contributed by atoms with Gasteiger partial charge in [0.1, 0.15) is 16.2 Å². The Morgan fingerprint density at radius 1 is 1.31 bits per heavy atom. The molecule has 1 aromatic heterocycles. The second-order valence-corrected chi connectivity index (χ2v) is 5.49. The molecule has 16 heavy (non-hydrogen) atoms. The molecular weight excluding hydrogens is 266 g/mol. The summed E-state index contributed by atoms with van der Waals surface area (Å²) in [6.07, 6.45) is 0.880. The van der Waals surface area contributed by atoms with E-state index in [1.165, 1.54) is 0 Å². The summed E-state index contributed by atoms with van der Waals surface area (Å²) in [5.41, 5.74) is 0. The third-order valence-electron chi connectivity index (χ3n) is 3.36. The number of rotatable bonds is 2. The molecule has 0 aliphatic carbocycles. The van der Waals surface area contributed by atoms with Crippen LogP contribution in [-0.2, 0) is 6.42 Å². The van der Waals surface area contributed by atoms with E-state index in [0.29, 0.717) is 0 Å². The number of aryl methyl sites for hydroxylation is 1. The fourth-order valence-electron chi connectivity index (χ4n) is 2.09. The molecule has 1 fully saturated rings. The zero-order chi connectivity index (χ0) is 11.7. The number of aromatic nitrogens is 2. The standard InChI is InChI=1S/C12H18BrN3/c1-4-11-14-10(13)5-12(15-11)16-6-8(2)9(3)7-16/h5,8-9H,4,6-7H2,1-3H3. The van der Waals surface area contributed by atoms with Gasteiger partial charge in [0.15, 0.2) is 0 Å². The highest BCUT2D eigenvalue weighted by Gasteiger charge is 2.27. The van der Waals surface area contributed by atoms with Gasteiger partial charge in [-0.05, 0) is 27.8 Å². The first-order chi connectivity index (χ1) is 7.60. The first kappa shape index (κ1) is 11.8. The van der Waals surface area contributed by atoms with Crippen LogP contribution in [0.2, 0.25) is 0 Å². The molecule has 0 bridgehead atoms. The topological polar surface area (TPSA) is 29.0 Å². The van der Waals surface area contributed by atoms with Gasteiger partial charge in [0.25, 0.3) is 0 Å². The lowest BCUT2D eigenvalue weighted by molar-refractivity contribution is 0.494. The molecule has 0 aromatic carbocycles. The predicted octanol–water partition coefficient (Wildman–Crippen LogP) is 2.89. The molecule has 0 saturated carbocycles. The monoisotopic (exact) mass is 283 g/mol. The number of halogens is 1. The van der Waals surface area contributed by atoms with E-state index in [0.717, 1.165) is 47.6 Å². The van der Waals surface area contributed by atoms with Gasteiger partial charge in [-0.15, -0.1) is 0 Å². The Labute approximate surface area is 105 Å². The average molecular weight is 284 g/mol. The minimum atomic E-state index is 0.749. The summed E-state index contributed by atoms with van der Waals surface area (Å²) in [7, 11) is 0. The SMILES string of the molecule is CCc1nc(Br)cc(N2CC(C)C(C)C2)n1. The van der Waals surface area contributed by atoms with Crippen molar-refractivity contribution in [2.24, 2.45) is 11.8 Å². The van der Waals surface area contributed by atoms with E-state index in [1.807, 2.05) is 6.07 Å². The van der Waals surface area contributed by atoms with Crippen molar-refractivity contribution in [3.63, 3.8) is 0 Å². The third-order valence-corrected chi connectivity index (χ3v) is 3.76. The van der Waals surface area contributed by atoms with E-state index in [4.69, 9.17) is 0 Å². The highest BCUT2D eigenvalue weighted by Crippen LogP contribution is 2.27. The number of nitrogens with zero attached hydrogens (tertiary/aromatic N) is 3. The van der Waals surface area contributed by atoms with Crippen molar-refractivity contribution in [3.8, 4) is 0 Å². The fraction of sp³-hybridized carbons (Fsp3) is 0.667. The van der Waals surface area contributed by atoms with Gasteiger partial charge < -0.3 is 4.90 Å². The van der Waals surface area contributed by atoms with Gasteiger partial charge >= 0.3 is 0 Å². The lowest BCUT2D eigenvalue weighted by atomic mass is 10.0. The minimum Gasteiger partial charge on any atom is -0.356 e. The van der Waals surface area contributed by atoms with Crippen LogP contribution in [0.4, 0.5) is 5.82 Å². The van der Waals surface area contributed by atoms with Crippen molar-refractivity contribution in [2.45, 2.75) is 27.2 Å². The Bertz CT molecular complexity index is 371. The fourth-order valence-corrected chi connectivity index (χ4v) is 2.50. The van der Waals surface area contributed by atoms with Crippen molar-refractivity contribution in [3.05, 3.63) is 16.5 Å². The first-order valence-corrected chi connectivity index (χ1v) is 6.68. The maximum atomic E-state index is 4.59. The van der Waals surface area contributed by atoms with Crippen molar-refractivity contribution in [2.75, 3.05) is 18.0 Å². The highest BCUT2D eigenvalue weighted by molar-refractivity contribution is 9.10. The minimum absolute atomic E-state index is 0.749. The summed E-state index contributed by atoms with van der Waals surface area (Å²) in [4.78, 5) is 11.3. The summed E-state index contributed by atoms with van der Waals surface area (Å²) >= 11 is 3.45. The zero-order valence-corrected chi connectivity index (χ0v) is 11.7. The van der Waals surface area contributed by atoms with E-state index >= 15 is 0 Å². The Hall–Kier alpha value is -0.640. The Kier molecular flexibility index (Phi) is 3.47. The molecule has 1 aliphatic rings. The maximum absolute atomic E-state index is 4.59. The summed E-state index contributed by atoms with van der Waals surface area (Å²) in [6, 6.07) is 2.02. The van der Waals surface area contributed by atoms with Crippen molar-refractivity contribution >= 4 is 21.7 Å². The molecule has 0 radical (unpaired) electrons. The molecule has 3 nitrogen and oxygen atoms in total. The summed E-state index contributed by atoms with van der Waals surface area (Å²) in [5, 5.41) is 0. The van der Waals surface area contributed by atoms with Gasteiger partial charge in [0.2, 0.25) is 0 Å². The highest BCUT2D eigenvalue weighted by atomic mass is 79.9. The normalized spacial score (nSPS) is 25.1. The van der Waals surface area contributed by atoms with E-state index in [1.54, 1.807) is 0 Å². The van der Waals surface area contributed by atoms with Gasteiger partial charge in [-0.2, -0.15) is 0 Å². The molecule has 1 aliphatic heterocycles. The van der Waals surface area contributed by atoms with Gasteiger partial charge in [0, 0.05) is 25.6 Å². The molecular formula is C12H18BrN3. The van der Waals surface area contributed by atoms with Crippen LogP contribution >= 0.6 is 15.9 Å². The number of hydrogen-bond acceptors (Lipinski definition) is 3. The summed E-state index contributed by atoms with van der Waals surface area (Å²) < 4.78 is 0.890. The Morgan fingerprint density at radius 2 is 1.94 bits per heavy atom. The van der Waals surface area contributed by atoms with Crippen LogP contribution in [0.15, 0.2) is 10.7 Å². The summed E-state index contributed by atoms with van der Waals surface area (Å²) in [6.45, 7) is 8.91. The van der Waals surface area contributed by atoms with Crippen molar-refractivity contribution in [1.82, 2.24) is 9.97 Å². The van der Waals surface area contributed by atoms with Crippen LogP contribution < -0.4 is 4.90 Å². The largest absolute Gasteiger partial charge is 0.356 e. The predicted molar refractivity (Wildman–Crippen MR) is 69.7 cm³/mol. The van der Waals surface area contributed by atoms with E-state index in [9.17, 15) is 0 Å². The van der Waals surface area contributed by atoms with Gasteiger partial charge in [-0.25, -0.2) is 9.97 Å². The van der Waals surface area contributed by atoms with Crippen LogP contribution in [0.25, 0.3) is 0 Å². The molecule has 4 heteroatoms. The van der Waals surface area contributed by atoms with E-state index in [2.05, 4.69) is 51.6 Å². The maximum Gasteiger partial charge on any atom is 0.133 e. The van der Waals surface area contributed by atoms with Crippen LogP contribution in [0.1, 0.15) is 26.6 Å². The molecule has 1 saturated heterocycles.